The van der Waals surface area contributed by atoms with Crippen LogP contribution in [0.5, 0.6) is 0 Å². The Kier molecular flexibility index (Phi) is 3.22. The van der Waals surface area contributed by atoms with E-state index in [1.165, 1.54) is 19.3 Å². The lowest BCUT2D eigenvalue weighted by atomic mass is 10.00. The van der Waals surface area contributed by atoms with Gasteiger partial charge in [-0.2, -0.15) is 0 Å². The van der Waals surface area contributed by atoms with Crippen LogP contribution in [0.1, 0.15) is 36.8 Å². The first-order valence-corrected chi connectivity index (χ1v) is 5.76. The number of aromatic nitrogens is 2. The molecule has 1 aromatic heterocycles. The molecule has 0 bridgehead atoms. The Labute approximate surface area is 95.5 Å². The first-order chi connectivity index (χ1) is 7.16. The van der Waals surface area contributed by atoms with Gasteiger partial charge < -0.3 is 0 Å². The van der Waals surface area contributed by atoms with Crippen molar-refractivity contribution in [3.05, 3.63) is 22.7 Å². The molecule has 1 saturated heterocycles. The first-order valence-electron chi connectivity index (χ1n) is 5.38. The van der Waals surface area contributed by atoms with E-state index in [1.807, 2.05) is 13.0 Å². The predicted molar refractivity (Wildman–Crippen MR) is 61.0 cm³/mol. The van der Waals surface area contributed by atoms with Gasteiger partial charge in [-0.05, 0) is 39.4 Å². The molecule has 82 valence electrons. The molecule has 0 aromatic carbocycles. The van der Waals surface area contributed by atoms with Gasteiger partial charge in [0.2, 0.25) is 0 Å². The molecule has 0 aliphatic carbocycles. The van der Waals surface area contributed by atoms with Crippen molar-refractivity contribution in [2.75, 3.05) is 13.6 Å². The normalized spacial score (nSPS) is 23.0. The van der Waals surface area contributed by atoms with Gasteiger partial charge in [0.1, 0.15) is 11.0 Å². The molecule has 4 heteroatoms. The number of hydrogen-bond donors (Lipinski definition) is 0. The quantitative estimate of drug-likeness (QED) is 0.688. The number of piperidine rings is 1. The van der Waals surface area contributed by atoms with Crippen LogP contribution in [-0.2, 0) is 0 Å². The summed E-state index contributed by atoms with van der Waals surface area (Å²) in [5.74, 6) is 0.761. The highest BCUT2D eigenvalue weighted by Gasteiger charge is 2.22. The summed E-state index contributed by atoms with van der Waals surface area (Å²) in [4.78, 5) is 10.9. The highest BCUT2D eigenvalue weighted by molar-refractivity contribution is 6.29. The van der Waals surface area contributed by atoms with Gasteiger partial charge in [0.25, 0.3) is 0 Å². The largest absolute Gasteiger partial charge is 0.298 e. The molecule has 0 N–H and O–H groups in total. The molecule has 1 unspecified atom stereocenters. The van der Waals surface area contributed by atoms with Crippen LogP contribution in [0.25, 0.3) is 0 Å². The van der Waals surface area contributed by atoms with E-state index in [2.05, 4.69) is 21.9 Å². The summed E-state index contributed by atoms with van der Waals surface area (Å²) >= 11 is 5.95. The molecule has 1 aliphatic heterocycles. The van der Waals surface area contributed by atoms with Crippen molar-refractivity contribution >= 4 is 11.6 Å². The van der Waals surface area contributed by atoms with Crippen molar-refractivity contribution in [2.45, 2.75) is 32.2 Å². The van der Waals surface area contributed by atoms with Crippen LogP contribution >= 0.6 is 11.6 Å². The fourth-order valence-corrected chi connectivity index (χ4v) is 2.41. The summed E-state index contributed by atoms with van der Waals surface area (Å²) in [5, 5.41) is 0.552. The summed E-state index contributed by atoms with van der Waals surface area (Å²) < 4.78 is 0. The molecule has 1 atom stereocenters. The zero-order valence-electron chi connectivity index (χ0n) is 9.20. The van der Waals surface area contributed by atoms with Gasteiger partial charge in [-0.1, -0.05) is 18.0 Å². The van der Waals surface area contributed by atoms with Gasteiger partial charge in [0.05, 0.1) is 11.7 Å². The molecule has 0 radical (unpaired) electrons. The highest BCUT2D eigenvalue weighted by Crippen LogP contribution is 2.28. The van der Waals surface area contributed by atoms with E-state index in [-0.39, 0.29) is 0 Å². The molecule has 2 rings (SSSR count). The third-order valence-electron chi connectivity index (χ3n) is 2.94. The summed E-state index contributed by atoms with van der Waals surface area (Å²) in [7, 11) is 2.15. The van der Waals surface area contributed by atoms with E-state index in [1.54, 1.807) is 0 Å². The third-order valence-corrected chi connectivity index (χ3v) is 3.13. The zero-order chi connectivity index (χ0) is 10.8. The van der Waals surface area contributed by atoms with E-state index in [0.29, 0.717) is 11.2 Å². The summed E-state index contributed by atoms with van der Waals surface area (Å²) in [6.07, 6.45) is 3.73. The molecule has 0 amide bonds. The number of nitrogens with zero attached hydrogens (tertiary/aromatic N) is 3. The summed E-state index contributed by atoms with van der Waals surface area (Å²) in [6, 6.07) is 2.30. The maximum atomic E-state index is 5.95. The van der Waals surface area contributed by atoms with Crippen LogP contribution in [0, 0.1) is 6.92 Å². The second-order valence-corrected chi connectivity index (χ2v) is 4.54. The first kappa shape index (κ1) is 10.8. The monoisotopic (exact) mass is 225 g/mol. The average molecular weight is 226 g/mol. The summed E-state index contributed by atoms with van der Waals surface area (Å²) in [5.41, 5.74) is 1.06. The number of hydrogen-bond acceptors (Lipinski definition) is 3. The minimum Gasteiger partial charge on any atom is -0.298 e. The third kappa shape index (κ3) is 2.47. The Bertz CT molecular complexity index is 333. The fourth-order valence-electron chi connectivity index (χ4n) is 2.17. The van der Waals surface area contributed by atoms with E-state index >= 15 is 0 Å². The van der Waals surface area contributed by atoms with Crippen molar-refractivity contribution in [1.82, 2.24) is 14.9 Å². The van der Waals surface area contributed by atoms with E-state index < -0.39 is 0 Å². The number of aryl methyl sites for hydroxylation is 1. The van der Waals surface area contributed by atoms with Crippen LogP contribution in [0.2, 0.25) is 5.15 Å². The number of halogens is 1. The lowest BCUT2D eigenvalue weighted by molar-refractivity contribution is 0.183. The Morgan fingerprint density at radius 2 is 2.20 bits per heavy atom. The molecule has 1 aromatic rings. The van der Waals surface area contributed by atoms with Gasteiger partial charge in [0, 0.05) is 0 Å². The molecule has 2 heterocycles. The van der Waals surface area contributed by atoms with Crippen LogP contribution < -0.4 is 0 Å². The van der Waals surface area contributed by atoms with E-state index in [4.69, 9.17) is 11.6 Å². The van der Waals surface area contributed by atoms with Crippen LogP contribution in [0.15, 0.2) is 6.07 Å². The standard InChI is InChI=1S/C11H16ClN3/c1-8-13-9(7-11(12)14-8)10-5-3-4-6-15(10)2/h7,10H,3-6H2,1-2H3. The predicted octanol–water partition coefficient (Wildman–Crippen LogP) is 2.60. The SMILES string of the molecule is Cc1nc(Cl)cc(C2CCCCN2C)n1. The molecule has 15 heavy (non-hydrogen) atoms. The Morgan fingerprint density at radius 1 is 1.40 bits per heavy atom. The molecular weight excluding hydrogens is 210 g/mol. The van der Waals surface area contributed by atoms with E-state index in [0.717, 1.165) is 18.1 Å². The topological polar surface area (TPSA) is 29.0 Å². The van der Waals surface area contributed by atoms with Crippen molar-refractivity contribution in [2.24, 2.45) is 0 Å². The van der Waals surface area contributed by atoms with Gasteiger partial charge in [0.15, 0.2) is 0 Å². The Hall–Kier alpha value is -0.670. The highest BCUT2D eigenvalue weighted by atomic mass is 35.5. The van der Waals surface area contributed by atoms with Gasteiger partial charge >= 0.3 is 0 Å². The fraction of sp³-hybridized carbons (Fsp3) is 0.636. The van der Waals surface area contributed by atoms with Gasteiger partial charge in [-0.3, -0.25) is 4.90 Å². The number of rotatable bonds is 1. The molecule has 0 spiro atoms. The number of likely N-dealkylation sites (tertiary alicyclic amines) is 1. The molecular formula is C11H16ClN3. The Morgan fingerprint density at radius 3 is 2.87 bits per heavy atom. The molecule has 1 aliphatic rings. The maximum Gasteiger partial charge on any atom is 0.133 e. The van der Waals surface area contributed by atoms with Gasteiger partial charge in [-0.25, -0.2) is 9.97 Å². The molecule has 0 saturated carbocycles. The zero-order valence-corrected chi connectivity index (χ0v) is 9.96. The van der Waals surface area contributed by atoms with Crippen LogP contribution in [-0.4, -0.2) is 28.5 Å². The van der Waals surface area contributed by atoms with E-state index in [9.17, 15) is 0 Å². The second kappa shape index (κ2) is 4.45. The molecule has 3 nitrogen and oxygen atoms in total. The minimum atomic E-state index is 0.415. The molecule has 1 fully saturated rings. The van der Waals surface area contributed by atoms with Gasteiger partial charge in [-0.15, -0.1) is 0 Å². The van der Waals surface area contributed by atoms with Crippen molar-refractivity contribution < 1.29 is 0 Å². The lowest BCUT2D eigenvalue weighted by Crippen LogP contribution is -2.30. The van der Waals surface area contributed by atoms with Crippen LogP contribution in [0.4, 0.5) is 0 Å². The van der Waals surface area contributed by atoms with Crippen molar-refractivity contribution in [3.63, 3.8) is 0 Å². The smallest absolute Gasteiger partial charge is 0.133 e. The summed E-state index contributed by atoms with van der Waals surface area (Å²) in [6.45, 7) is 3.03. The van der Waals surface area contributed by atoms with Crippen molar-refractivity contribution in [3.8, 4) is 0 Å². The second-order valence-electron chi connectivity index (χ2n) is 4.15. The minimum absolute atomic E-state index is 0.415. The Balaban J connectivity index is 2.27. The van der Waals surface area contributed by atoms with Crippen molar-refractivity contribution in [1.29, 1.82) is 0 Å². The average Bonchev–Trinajstić information content (AvgIpc) is 2.16. The maximum absolute atomic E-state index is 5.95. The lowest BCUT2D eigenvalue weighted by Gasteiger charge is -2.32. The van der Waals surface area contributed by atoms with Crippen LogP contribution in [0.3, 0.4) is 0 Å².